The minimum atomic E-state index is -0.997. The number of carbonyl (C=O) groups excluding carboxylic acids is 2. The molecule has 1 unspecified atom stereocenters. The molecule has 1 heterocycles. The number of aryl methyl sites for hydroxylation is 1. The number of esters is 1. The molecule has 2 rings (SSSR count). The maximum Gasteiger partial charge on any atom is 0.326 e. The Hall–Kier alpha value is -2.12. The number of nitrogens with one attached hydrogen (secondary N) is 1. The third-order valence-corrected chi connectivity index (χ3v) is 5.10. The number of carbonyl (C=O) groups is 3. The van der Waals surface area contributed by atoms with Crippen LogP contribution in [0.3, 0.4) is 0 Å². The number of rotatable bonds is 9. The fourth-order valence-corrected chi connectivity index (χ4v) is 3.51. The molecule has 1 fully saturated rings. The van der Waals surface area contributed by atoms with E-state index in [1.165, 1.54) is 4.90 Å². The number of amides is 1. The van der Waals surface area contributed by atoms with Gasteiger partial charge in [0.2, 0.25) is 5.91 Å². The van der Waals surface area contributed by atoms with Gasteiger partial charge in [-0.1, -0.05) is 23.7 Å². The van der Waals surface area contributed by atoms with Gasteiger partial charge in [0.15, 0.2) is 0 Å². The smallest absolute Gasteiger partial charge is 0.326 e. The topological polar surface area (TPSA) is 95.9 Å². The van der Waals surface area contributed by atoms with Crippen LogP contribution < -0.4 is 5.32 Å². The Labute approximate surface area is 170 Å². The minimum Gasteiger partial charge on any atom is -0.480 e. The van der Waals surface area contributed by atoms with E-state index in [-0.39, 0.29) is 12.5 Å². The van der Waals surface area contributed by atoms with Crippen molar-refractivity contribution in [2.24, 2.45) is 0 Å². The molecule has 0 bridgehead atoms. The summed E-state index contributed by atoms with van der Waals surface area (Å²) >= 11 is 5.90. The predicted molar refractivity (Wildman–Crippen MR) is 105 cm³/mol. The van der Waals surface area contributed by atoms with Crippen LogP contribution in [0.15, 0.2) is 24.3 Å². The fourth-order valence-electron chi connectivity index (χ4n) is 3.38. The second kappa shape index (κ2) is 10.4. The summed E-state index contributed by atoms with van der Waals surface area (Å²) in [6.45, 7) is 4.03. The minimum absolute atomic E-state index is 0.244. The van der Waals surface area contributed by atoms with E-state index in [4.69, 9.17) is 16.3 Å². The van der Waals surface area contributed by atoms with Gasteiger partial charge in [-0.3, -0.25) is 14.9 Å². The molecule has 1 amide bonds. The highest BCUT2D eigenvalue weighted by molar-refractivity contribution is 6.30. The lowest BCUT2D eigenvalue weighted by Crippen LogP contribution is -2.53. The van der Waals surface area contributed by atoms with Gasteiger partial charge in [0.25, 0.3) is 0 Å². The summed E-state index contributed by atoms with van der Waals surface area (Å²) in [6.07, 6.45) is 2.16. The lowest BCUT2D eigenvalue weighted by molar-refractivity contribution is -0.150. The van der Waals surface area contributed by atoms with Crippen LogP contribution in [0.25, 0.3) is 0 Å². The van der Waals surface area contributed by atoms with E-state index >= 15 is 0 Å². The highest BCUT2D eigenvalue weighted by Gasteiger charge is 2.36. The van der Waals surface area contributed by atoms with Crippen LogP contribution in [0.5, 0.6) is 0 Å². The first-order valence-corrected chi connectivity index (χ1v) is 9.91. The summed E-state index contributed by atoms with van der Waals surface area (Å²) in [5.41, 5.74) is 1.02. The van der Waals surface area contributed by atoms with Gasteiger partial charge in [0.1, 0.15) is 12.1 Å². The molecule has 1 aliphatic heterocycles. The standard InChI is InChI=1S/C20H27ClN2O5/c1-3-28-20(27)16(11-8-14-6-9-15(21)10-7-14)22-13(2)18(24)23-12-4-5-17(23)19(25)26/h6-7,9-10,13,16-17,22H,3-5,8,11-12H2,1-2H3,(H,25,26)/t13-,16?,17-/m0/s1. The normalized spacial score (nSPS) is 18.5. The van der Waals surface area contributed by atoms with Gasteiger partial charge < -0.3 is 14.7 Å². The number of nitrogens with zero attached hydrogens (tertiary/aromatic N) is 1. The first-order chi connectivity index (χ1) is 13.3. The Morgan fingerprint density at radius 2 is 2.00 bits per heavy atom. The van der Waals surface area contributed by atoms with Gasteiger partial charge in [-0.05, 0) is 57.2 Å². The van der Waals surface area contributed by atoms with Gasteiger partial charge in [0, 0.05) is 11.6 Å². The molecule has 0 aromatic heterocycles. The lowest BCUT2D eigenvalue weighted by atomic mass is 10.0. The molecule has 1 aromatic carbocycles. The molecular formula is C20H27ClN2O5. The molecule has 154 valence electrons. The Morgan fingerprint density at radius 1 is 1.32 bits per heavy atom. The maximum atomic E-state index is 12.7. The average Bonchev–Trinajstić information content (AvgIpc) is 3.15. The second-order valence-corrected chi connectivity index (χ2v) is 7.32. The molecule has 3 atom stereocenters. The summed E-state index contributed by atoms with van der Waals surface area (Å²) in [5, 5.41) is 13.0. The second-order valence-electron chi connectivity index (χ2n) is 6.89. The number of hydrogen-bond acceptors (Lipinski definition) is 5. The molecule has 0 spiro atoms. The summed E-state index contributed by atoms with van der Waals surface area (Å²) in [4.78, 5) is 37.8. The zero-order chi connectivity index (χ0) is 20.7. The molecule has 7 nitrogen and oxygen atoms in total. The number of halogens is 1. The van der Waals surface area contributed by atoms with Crippen molar-refractivity contribution in [1.29, 1.82) is 0 Å². The first-order valence-electron chi connectivity index (χ1n) is 9.54. The predicted octanol–water partition coefficient (Wildman–Crippen LogP) is 2.26. The fraction of sp³-hybridized carbons (Fsp3) is 0.550. The van der Waals surface area contributed by atoms with Crippen LogP contribution in [0.4, 0.5) is 0 Å². The summed E-state index contributed by atoms with van der Waals surface area (Å²) < 4.78 is 5.14. The molecule has 8 heteroatoms. The summed E-state index contributed by atoms with van der Waals surface area (Å²) in [7, 11) is 0. The maximum absolute atomic E-state index is 12.7. The average molecular weight is 411 g/mol. The van der Waals surface area contributed by atoms with E-state index in [1.807, 2.05) is 12.1 Å². The van der Waals surface area contributed by atoms with Gasteiger partial charge in [0.05, 0.1) is 12.6 Å². The third-order valence-electron chi connectivity index (χ3n) is 4.85. The van der Waals surface area contributed by atoms with Crippen LogP contribution in [0.1, 0.15) is 38.7 Å². The zero-order valence-corrected chi connectivity index (χ0v) is 16.9. The molecule has 0 radical (unpaired) electrons. The third kappa shape index (κ3) is 5.94. The van der Waals surface area contributed by atoms with Crippen molar-refractivity contribution < 1.29 is 24.2 Å². The lowest BCUT2D eigenvalue weighted by Gasteiger charge is -2.27. The Balaban J connectivity index is 2.02. The molecule has 0 aliphatic carbocycles. The van der Waals surface area contributed by atoms with Gasteiger partial charge in [-0.25, -0.2) is 4.79 Å². The van der Waals surface area contributed by atoms with E-state index in [0.717, 1.165) is 5.56 Å². The molecule has 28 heavy (non-hydrogen) atoms. The molecule has 1 aromatic rings. The van der Waals surface area contributed by atoms with Crippen molar-refractivity contribution in [3.05, 3.63) is 34.9 Å². The Kier molecular flexibility index (Phi) is 8.26. The van der Waals surface area contributed by atoms with Crippen molar-refractivity contribution in [2.75, 3.05) is 13.2 Å². The number of hydrogen-bond donors (Lipinski definition) is 2. The highest BCUT2D eigenvalue weighted by Crippen LogP contribution is 2.19. The van der Waals surface area contributed by atoms with Crippen molar-refractivity contribution in [3.8, 4) is 0 Å². The SMILES string of the molecule is CCOC(=O)C(CCc1ccc(Cl)cc1)N[C@@H](C)C(=O)N1CCC[C@H]1C(=O)O. The first kappa shape index (κ1) is 22.2. The highest BCUT2D eigenvalue weighted by atomic mass is 35.5. The zero-order valence-electron chi connectivity index (χ0n) is 16.2. The van der Waals surface area contributed by atoms with E-state index in [0.29, 0.717) is 37.3 Å². The van der Waals surface area contributed by atoms with E-state index in [9.17, 15) is 19.5 Å². The van der Waals surface area contributed by atoms with Crippen molar-refractivity contribution in [1.82, 2.24) is 10.2 Å². The Bertz CT molecular complexity index is 694. The summed E-state index contributed by atoms with van der Waals surface area (Å²) in [5.74, 6) is -1.74. The number of ether oxygens (including phenoxy) is 1. The van der Waals surface area contributed by atoms with Gasteiger partial charge in [-0.2, -0.15) is 0 Å². The van der Waals surface area contributed by atoms with E-state index < -0.39 is 30.1 Å². The largest absolute Gasteiger partial charge is 0.480 e. The quantitative estimate of drug-likeness (QED) is 0.606. The van der Waals surface area contributed by atoms with Crippen LogP contribution in [-0.2, 0) is 25.5 Å². The molecule has 1 saturated heterocycles. The van der Waals surface area contributed by atoms with Crippen LogP contribution in [0, 0.1) is 0 Å². The van der Waals surface area contributed by atoms with Crippen molar-refractivity contribution >= 4 is 29.4 Å². The van der Waals surface area contributed by atoms with Crippen LogP contribution >= 0.6 is 11.6 Å². The number of benzene rings is 1. The number of likely N-dealkylation sites (tertiary alicyclic amines) is 1. The van der Waals surface area contributed by atoms with E-state index in [1.54, 1.807) is 26.0 Å². The monoisotopic (exact) mass is 410 g/mol. The van der Waals surface area contributed by atoms with Crippen molar-refractivity contribution in [2.45, 2.75) is 57.7 Å². The molecule has 1 aliphatic rings. The van der Waals surface area contributed by atoms with Crippen LogP contribution in [-0.4, -0.2) is 59.1 Å². The number of carboxylic acid groups (broad SMARTS) is 1. The summed E-state index contributed by atoms with van der Waals surface area (Å²) in [6, 6.07) is 5.19. The number of carboxylic acids is 1. The van der Waals surface area contributed by atoms with Gasteiger partial charge in [-0.15, -0.1) is 0 Å². The number of aliphatic carboxylic acids is 1. The van der Waals surface area contributed by atoms with Crippen LogP contribution in [0.2, 0.25) is 5.02 Å². The molecule has 2 N–H and O–H groups in total. The van der Waals surface area contributed by atoms with Gasteiger partial charge >= 0.3 is 11.9 Å². The molecule has 0 saturated carbocycles. The van der Waals surface area contributed by atoms with Crippen molar-refractivity contribution in [3.63, 3.8) is 0 Å². The Morgan fingerprint density at radius 3 is 2.61 bits per heavy atom. The van der Waals surface area contributed by atoms with E-state index in [2.05, 4.69) is 5.32 Å². The molecular weight excluding hydrogens is 384 g/mol.